The van der Waals surface area contributed by atoms with Crippen molar-refractivity contribution in [2.75, 3.05) is 19.0 Å². The summed E-state index contributed by atoms with van der Waals surface area (Å²) in [7, 11) is 1.54. The van der Waals surface area contributed by atoms with Crippen molar-refractivity contribution in [2.24, 2.45) is 0 Å². The lowest BCUT2D eigenvalue weighted by atomic mass is 10.1. The van der Waals surface area contributed by atoms with Crippen LogP contribution < -0.4 is 20.4 Å². The van der Waals surface area contributed by atoms with E-state index in [1.54, 1.807) is 31.4 Å². The number of hydrogen-bond acceptors (Lipinski definition) is 5. The first kappa shape index (κ1) is 17.5. The van der Waals surface area contributed by atoms with Gasteiger partial charge in [-0.2, -0.15) is 0 Å². The number of fused-ring (bicyclic) bond motifs is 1. The topological polar surface area (TPSA) is 77.8 Å². The summed E-state index contributed by atoms with van der Waals surface area (Å²) in [5.41, 5.74) is 2.42. The fourth-order valence-corrected chi connectivity index (χ4v) is 2.65. The highest BCUT2D eigenvalue weighted by atomic mass is 16.5. The molecular weight excluding hydrogens is 334 g/mol. The Labute approximate surface area is 150 Å². The van der Waals surface area contributed by atoms with Crippen molar-refractivity contribution in [2.45, 2.75) is 13.8 Å². The zero-order chi connectivity index (χ0) is 18.7. The molecule has 6 nitrogen and oxygen atoms in total. The number of amides is 1. The van der Waals surface area contributed by atoms with E-state index in [9.17, 15) is 9.59 Å². The van der Waals surface area contributed by atoms with Crippen LogP contribution in [0, 0.1) is 13.8 Å². The van der Waals surface area contributed by atoms with E-state index < -0.39 is 5.63 Å². The number of ether oxygens (including phenoxy) is 2. The van der Waals surface area contributed by atoms with Gasteiger partial charge < -0.3 is 19.2 Å². The summed E-state index contributed by atoms with van der Waals surface area (Å²) < 4.78 is 15.9. The van der Waals surface area contributed by atoms with Gasteiger partial charge in [-0.25, -0.2) is 4.79 Å². The molecule has 0 aliphatic rings. The molecule has 0 radical (unpaired) electrons. The highest BCUT2D eigenvalue weighted by Gasteiger charge is 2.10. The van der Waals surface area contributed by atoms with Gasteiger partial charge in [0, 0.05) is 17.5 Å². The predicted octanol–water partition coefficient (Wildman–Crippen LogP) is 3.44. The van der Waals surface area contributed by atoms with Crippen LogP contribution in [0.3, 0.4) is 0 Å². The molecule has 134 valence electrons. The van der Waals surface area contributed by atoms with Crippen LogP contribution in [0.25, 0.3) is 11.0 Å². The van der Waals surface area contributed by atoms with Crippen molar-refractivity contribution < 1.29 is 18.7 Å². The minimum atomic E-state index is -0.420. The molecule has 3 rings (SSSR count). The van der Waals surface area contributed by atoms with Gasteiger partial charge in [-0.05, 0) is 49.2 Å². The number of anilines is 1. The normalized spacial score (nSPS) is 10.6. The molecule has 26 heavy (non-hydrogen) atoms. The summed E-state index contributed by atoms with van der Waals surface area (Å²) in [5, 5.41) is 3.59. The van der Waals surface area contributed by atoms with Gasteiger partial charge in [0.25, 0.3) is 5.91 Å². The predicted molar refractivity (Wildman–Crippen MR) is 99.1 cm³/mol. The summed E-state index contributed by atoms with van der Waals surface area (Å²) in [6, 6.07) is 12.1. The molecule has 0 atom stereocenters. The third kappa shape index (κ3) is 3.85. The first-order valence-electron chi connectivity index (χ1n) is 8.08. The lowest BCUT2D eigenvalue weighted by molar-refractivity contribution is -0.118. The average Bonchev–Trinajstić information content (AvgIpc) is 2.59. The Morgan fingerprint density at radius 1 is 1.12 bits per heavy atom. The molecule has 0 unspecified atom stereocenters. The molecule has 0 aliphatic carbocycles. The van der Waals surface area contributed by atoms with Gasteiger partial charge in [0.05, 0.1) is 12.8 Å². The Morgan fingerprint density at radius 3 is 2.69 bits per heavy atom. The first-order valence-corrected chi connectivity index (χ1v) is 8.08. The van der Waals surface area contributed by atoms with Gasteiger partial charge in [-0.3, -0.25) is 4.79 Å². The molecule has 0 saturated carbocycles. The van der Waals surface area contributed by atoms with Gasteiger partial charge in [0.1, 0.15) is 17.1 Å². The number of carbonyl (C=O) groups is 1. The molecular formula is C20H19NO5. The second-order valence-electron chi connectivity index (χ2n) is 5.95. The lowest BCUT2D eigenvalue weighted by Gasteiger charge is -2.12. The number of benzene rings is 2. The monoisotopic (exact) mass is 353 g/mol. The number of nitrogens with one attached hydrogen (secondary N) is 1. The molecule has 2 aromatic carbocycles. The van der Waals surface area contributed by atoms with E-state index >= 15 is 0 Å². The summed E-state index contributed by atoms with van der Waals surface area (Å²) in [4.78, 5) is 23.7. The van der Waals surface area contributed by atoms with Crippen molar-refractivity contribution >= 4 is 22.6 Å². The SMILES string of the molecule is COc1ccc(C)cc1NC(=O)COc1ccc2c(C)cc(=O)oc2c1. The van der Waals surface area contributed by atoms with Crippen LogP contribution in [0.2, 0.25) is 0 Å². The summed E-state index contributed by atoms with van der Waals surface area (Å²) >= 11 is 0. The first-order chi connectivity index (χ1) is 12.5. The second-order valence-corrected chi connectivity index (χ2v) is 5.95. The standard InChI is InChI=1S/C20H19NO5/c1-12-4-7-17(24-3)16(8-12)21-19(22)11-25-14-5-6-15-13(2)9-20(23)26-18(15)10-14/h4-10H,11H2,1-3H3,(H,21,22). The van der Waals surface area contributed by atoms with E-state index in [0.717, 1.165) is 16.5 Å². The molecule has 1 N–H and O–H groups in total. The molecule has 0 spiro atoms. The van der Waals surface area contributed by atoms with Gasteiger partial charge >= 0.3 is 5.63 Å². The van der Waals surface area contributed by atoms with Crippen molar-refractivity contribution in [3.05, 3.63) is 64.0 Å². The third-order valence-electron chi connectivity index (χ3n) is 3.92. The van der Waals surface area contributed by atoms with Gasteiger partial charge in [-0.1, -0.05) is 6.07 Å². The molecule has 1 heterocycles. The van der Waals surface area contributed by atoms with Crippen molar-refractivity contribution in [3.63, 3.8) is 0 Å². The quantitative estimate of drug-likeness (QED) is 0.711. The highest BCUT2D eigenvalue weighted by Crippen LogP contribution is 2.25. The van der Waals surface area contributed by atoms with E-state index in [2.05, 4.69) is 5.32 Å². The van der Waals surface area contributed by atoms with Crippen LogP contribution in [-0.2, 0) is 4.79 Å². The summed E-state index contributed by atoms with van der Waals surface area (Å²) in [6.45, 7) is 3.58. The van der Waals surface area contributed by atoms with Crippen LogP contribution in [0.1, 0.15) is 11.1 Å². The smallest absolute Gasteiger partial charge is 0.336 e. The molecule has 0 fully saturated rings. The van der Waals surface area contributed by atoms with E-state index in [1.165, 1.54) is 6.07 Å². The molecule has 0 aliphatic heterocycles. The number of methoxy groups -OCH3 is 1. The number of carbonyl (C=O) groups excluding carboxylic acids is 1. The van der Waals surface area contributed by atoms with Gasteiger partial charge in [0.15, 0.2) is 6.61 Å². The van der Waals surface area contributed by atoms with Crippen LogP contribution in [0.15, 0.2) is 51.7 Å². The van der Waals surface area contributed by atoms with Gasteiger partial charge in [0.2, 0.25) is 0 Å². The maximum absolute atomic E-state index is 12.2. The van der Waals surface area contributed by atoms with Crippen molar-refractivity contribution in [1.29, 1.82) is 0 Å². The van der Waals surface area contributed by atoms with Gasteiger partial charge in [-0.15, -0.1) is 0 Å². The van der Waals surface area contributed by atoms with E-state index in [1.807, 2.05) is 26.0 Å². The molecule has 3 aromatic rings. The van der Waals surface area contributed by atoms with Crippen LogP contribution >= 0.6 is 0 Å². The second kappa shape index (κ2) is 7.31. The highest BCUT2D eigenvalue weighted by molar-refractivity contribution is 5.93. The minimum absolute atomic E-state index is 0.182. The number of hydrogen-bond donors (Lipinski definition) is 1. The maximum atomic E-state index is 12.2. The lowest BCUT2D eigenvalue weighted by Crippen LogP contribution is -2.20. The fourth-order valence-electron chi connectivity index (χ4n) is 2.65. The summed E-state index contributed by atoms with van der Waals surface area (Å²) in [6.07, 6.45) is 0. The minimum Gasteiger partial charge on any atom is -0.495 e. The summed E-state index contributed by atoms with van der Waals surface area (Å²) in [5.74, 6) is 0.698. The Balaban J connectivity index is 1.71. The maximum Gasteiger partial charge on any atom is 0.336 e. The Kier molecular flexibility index (Phi) is 4.93. The van der Waals surface area contributed by atoms with E-state index in [-0.39, 0.29) is 12.5 Å². The van der Waals surface area contributed by atoms with E-state index in [0.29, 0.717) is 22.8 Å². The Hall–Kier alpha value is -3.28. The van der Waals surface area contributed by atoms with Crippen LogP contribution in [0.5, 0.6) is 11.5 Å². The molecule has 1 amide bonds. The zero-order valence-corrected chi connectivity index (χ0v) is 14.8. The number of aryl methyl sites for hydroxylation is 2. The molecule has 6 heteroatoms. The van der Waals surface area contributed by atoms with E-state index in [4.69, 9.17) is 13.9 Å². The molecule has 1 aromatic heterocycles. The number of rotatable bonds is 5. The largest absolute Gasteiger partial charge is 0.495 e. The van der Waals surface area contributed by atoms with Crippen molar-refractivity contribution in [1.82, 2.24) is 0 Å². The average molecular weight is 353 g/mol. The van der Waals surface area contributed by atoms with Crippen LogP contribution in [0.4, 0.5) is 5.69 Å². The molecule has 0 bridgehead atoms. The third-order valence-corrected chi connectivity index (χ3v) is 3.92. The fraction of sp³-hybridized carbons (Fsp3) is 0.200. The Bertz CT molecular complexity index is 1020. The zero-order valence-electron chi connectivity index (χ0n) is 14.8. The van der Waals surface area contributed by atoms with Crippen molar-refractivity contribution in [3.8, 4) is 11.5 Å². The molecule has 0 saturated heterocycles. The Morgan fingerprint density at radius 2 is 1.92 bits per heavy atom. The van der Waals surface area contributed by atoms with Crippen LogP contribution in [-0.4, -0.2) is 19.6 Å².